The van der Waals surface area contributed by atoms with Crippen molar-refractivity contribution < 1.29 is 19.6 Å². The van der Waals surface area contributed by atoms with E-state index in [2.05, 4.69) is 10.2 Å². The first kappa shape index (κ1) is 23.8. The Hall–Kier alpha value is -2.23. The number of amides is 1. The predicted molar refractivity (Wildman–Crippen MR) is 108 cm³/mol. The van der Waals surface area contributed by atoms with Gasteiger partial charge in [-0.15, -0.1) is 12.4 Å². The minimum absolute atomic E-state index is 0. The summed E-state index contributed by atoms with van der Waals surface area (Å²) in [6, 6.07) is 4.65. The summed E-state index contributed by atoms with van der Waals surface area (Å²) in [6.45, 7) is 4.07. The van der Waals surface area contributed by atoms with Gasteiger partial charge in [-0.25, -0.2) is 0 Å². The Morgan fingerprint density at radius 2 is 2.00 bits per heavy atom. The SMILES string of the molecule is Cc1ccc([N+](=O)[O-])cc1NC(=O)CCN1CCC(N(C)CC(=O)O)CC1.Cl. The van der Waals surface area contributed by atoms with Crippen LogP contribution in [0, 0.1) is 17.0 Å². The molecule has 28 heavy (non-hydrogen) atoms. The minimum Gasteiger partial charge on any atom is -0.480 e. The molecule has 1 saturated heterocycles. The highest BCUT2D eigenvalue weighted by Crippen LogP contribution is 2.22. The zero-order valence-corrected chi connectivity index (χ0v) is 16.9. The first-order chi connectivity index (χ1) is 12.8. The molecule has 1 heterocycles. The van der Waals surface area contributed by atoms with Crippen molar-refractivity contribution in [2.75, 3.05) is 38.5 Å². The van der Waals surface area contributed by atoms with E-state index >= 15 is 0 Å². The number of aryl methyl sites for hydroxylation is 1. The second kappa shape index (κ2) is 10.9. The number of carbonyl (C=O) groups is 2. The van der Waals surface area contributed by atoms with Gasteiger partial charge >= 0.3 is 5.97 Å². The number of nitro groups is 1. The van der Waals surface area contributed by atoms with Crippen molar-refractivity contribution in [1.82, 2.24) is 9.80 Å². The molecule has 2 rings (SSSR count). The fourth-order valence-electron chi connectivity index (χ4n) is 3.26. The van der Waals surface area contributed by atoms with E-state index in [-0.39, 0.29) is 36.6 Å². The first-order valence-corrected chi connectivity index (χ1v) is 8.95. The molecule has 2 N–H and O–H groups in total. The average Bonchev–Trinajstić information content (AvgIpc) is 2.61. The molecular weight excluding hydrogens is 388 g/mol. The van der Waals surface area contributed by atoms with Gasteiger partial charge in [0.1, 0.15) is 0 Å². The summed E-state index contributed by atoms with van der Waals surface area (Å²) in [5.74, 6) is -1.00. The van der Waals surface area contributed by atoms with Gasteiger partial charge in [0, 0.05) is 31.1 Å². The molecule has 1 aromatic rings. The van der Waals surface area contributed by atoms with Crippen LogP contribution in [0.5, 0.6) is 0 Å². The predicted octanol–water partition coefficient (Wildman–Crippen LogP) is 2.13. The number of hydrogen-bond donors (Lipinski definition) is 2. The molecule has 0 spiro atoms. The summed E-state index contributed by atoms with van der Waals surface area (Å²) < 4.78 is 0. The molecule has 9 nitrogen and oxygen atoms in total. The number of piperidine rings is 1. The van der Waals surface area contributed by atoms with Crippen LogP contribution in [0.15, 0.2) is 18.2 Å². The van der Waals surface area contributed by atoms with E-state index in [9.17, 15) is 19.7 Å². The normalized spacial score (nSPS) is 15.1. The number of likely N-dealkylation sites (tertiary alicyclic amines) is 1. The molecule has 1 aliphatic rings. The molecule has 0 atom stereocenters. The molecule has 1 amide bonds. The second-order valence-electron chi connectivity index (χ2n) is 6.94. The van der Waals surface area contributed by atoms with Gasteiger partial charge in [-0.1, -0.05) is 6.07 Å². The van der Waals surface area contributed by atoms with E-state index in [4.69, 9.17) is 5.11 Å². The van der Waals surface area contributed by atoms with Crippen LogP contribution in [-0.2, 0) is 9.59 Å². The van der Waals surface area contributed by atoms with Gasteiger partial charge in [-0.2, -0.15) is 0 Å². The third kappa shape index (κ3) is 7.06. The molecule has 0 radical (unpaired) electrons. The van der Waals surface area contributed by atoms with E-state index in [0.717, 1.165) is 31.5 Å². The lowest BCUT2D eigenvalue weighted by atomic mass is 10.0. The van der Waals surface area contributed by atoms with Crippen molar-refractivity contribution in [3.8, 4) is 0 Å². The molecule has 0 unspecified atom stereocenters. The van der Waals surface area contributed by atoms with E-state index in [1.54, 1.807) is 13.0 Å². The van der Waals surface area contributed by atoms with Crippen LogP contribution < -0.4 is 5.32 Å². The number of carboxylic acid groups (broad SMARTS) is 1. The molecule has 0 aromatic heterocycles. The fraction of sp³-hybridized carbons (Fsp3) is 0.556. The van der Waals surface area contributed by atoms with E-state index in [1.807, 2.05) is 11.9 Å². The number of halogens is 1. The highest BCUT2D eigenvalue weighted by atomic mass is 35.5. The van der Waals surface area contributed by atoms with Gasteiger partial charge in [-0.05, 0) is 45.5 Å². The number of likely N-dealkylation sites (N-methyl/N-ethyl adjacent to an activating group) is 1. The van der Waals surface area contributed by atoms with E-state index in [1.165, 1.54) is 12.1 Å². The molecule has 1 aliphatic heterocycles. The Balaban J connectivity index is 0.00000392. The Kier molecular flexibility index (Phi) is 9.30. The van der Waals surface area contributed by atoms with Crippen LogP contribution in [0.2, 0.25) is 0 Å². The lowest BCUT2D eigenvalue weighted by molar-refractivity contribution is -0.384. The number of non-ortho nitro benzene ring substituents is 1. The topological polar surface area (TPSA) is 116 Å². The van der Waals surface area contributed by atoms with Gasteiger partial charge in [-0.3, -0.25) is 24.6 Å². The van der Waals surface area contributed by atoms with Crippen molar-refractivity contribution in [1.29, 1.82) is 0 Å². The Bertz CT molecular complexity index is 707. The summed E-state index contributed by atoms with van der Waals surface area (Å²) in [6.07, 6.45) is 2.04. The Morgan fingerprint density at radius 3 is 2.57 bits per heavy atom. The summed E-state index contributed by atoms with van der Waals surface area (Å²) in [5, 5.41) is 22.5. The number of rotatable bonds is 8. The van der Waals surface area contributed by atoms with Gasteiger partial charge in [0.15, 0.2) is 0 Å². The highest BCUT2D eigenvalue weighted by Gasteiger charge is 2.23. The summed E-state index contributed by atoms with van der Waals surface area (Å²) >= 11 is 0. The van der Waals surface area contributed by atoms with Crippen LogP contribution in [0.1, 0.15) is 24.8 Å². The molecule has 1 fully saturated rings. The summed E-state index contributed by atoms with van der Waals surface area (Å²) in [5.41, 5.74) is 1.18. The van der Waals surface area contributed by atoms with Crippen LogP contribution in [0.25, 0.3) is 0 Å². The monoisotopic (exact) mass is 414 g/mol. The zero-order valence-electron chi connectivity index (χ0n) is 16.1. The van der Waals surface area contributed by atoms with E-state index < -0.39 is 10.9 Å². The largest absolute Gasteiger partial charge is 0.480 e. The van der Waals surface area contributed by atoms with Crippen molar-refractivity contribution in [3.63, 3.8) is 0 Å². The van der Waals surface area contributed by atoms with Crippen molar-refractivity contribution in [3.05, 3.63) is 33.9 Å². The molecule has 10 heteroatoms. The lowest BCUT2D eigenvalue weighted by Gasteiger charge is -2.36. The fourth-order valence-corrected chi connectivity index (χ4v) is 3.26. The molecule has 0 bridgehead atoms. The van der Waals surface area contributed by atoms with Crippen LogP contribution in [-0.4, -0.2) is 71.0 Å². The molecular formula is C18H27ClN4O5. The summed E-state index contributed by atoms with van der Waals surface area (Å²) in [4.78, 5) is 37.4. The van der Waals surface area contributed by atoms with Crippen molar-refractivity contribution >= 4 is 35.7 Å². The van der Waals surface area contributed by atoms with Gasteiger partial charge in [0.05, 0.1) is 17.2 Å². The van der Waals surface area contributed by atoms with Crippen LogP contribution >= 0.6 is 12.4 Å². The van der Waals surface area contributed by atoms with Gasteiger partial charge in [0.2, 0.25) is 5.91 Å². The summed E-state index contributed by atoms with van der Waals surface area (Å²) in [7, 11) is 1.82. The Morgan fingerprint density at radius 1 is 1.36 bits per heavy atom. The number of carbonyl (C=O) groups excluding carboxylic acids is 1. The Labute approximate surface area is 170 Å². The lowest BCUT2D eigenvalue weighted by Crippen LogP contribution is -2.45. The third-order valence-corrected chi connectivity index (χ3v) is 4.93. The maximum atomic E-state index is 12.2. The van der Waals surface area contributed by atoms with Gasteiger partial charge in [0.25, 0.3) is 5.69 Å². The molecule has 0 saturated carbocycles. The zero-order chi connectivity index (χ0) is 20.0. The number of nitro benzene ring substituents is 1. The highest BCUT2D eigenvalue weighted by molar-refractivity contribution is 5.92. The number of benzene rings is 1. The smallest absolute Gasteiger partial charge is 0.317 e. The average molecular weight is 415 g/mol. The number of nitrogens with one attached hydrogen (secondary N) is 1. The molecule has 156 valence electrons. The maximum Gasteiger partial charge on any atom is 0.317 e. The third-order valence-electron chi connectivity index (χ3n) is 4.93. The first-order valence-electron chi connectivity index (χ1n) is 8.95. The minimum atomic E-state index is -0.826. The second-order valence-corrected chi connectivity index (χ2v) is 6.94. The number of aliphatic carboxylic acids is 1. The van der Waals surface area contributed by atoms with Gasteiger partial charge < -0.3 is 15.3 Å². The number of carboxylic acids is 1. The van der Waals surface area contributed by atoms with Crippen molar-refractivity contribution in [2.45, 2.75) is 32.2 Å². The maximum absolute atomic E-state index is 12.2. The van der Waals surface area contributed by atoms with Crippen molar-refractivity contribution in [2.24, 2.45) is 0 Å². The quantitative estimate of drug-likeness (QED) is 0.494. The number of nitrogens with zero attached hydrogens (tertiary/aromatic N) is 3. The van der Waals surface area contributed by atoms with Crippen LogP contribution in [0.4, 0.5) is 11.4 Å². The molecule has 0 aliphatic carbocycles. The number of anilines is 1. The van der Waals surface area contributed by atoms with E-state index in [0.29, 0.717) is 18.7 Å². The van der Waals surface area contributed by atoms with Crippen LogP contribution in [0.3, 0.4) is 0 Å². The molecule has 1 aromatic carbocycles. The standard InChI is InChI=1S/C18H26N4O5.ClH/c1-13-3-4-15(22(26)27)11-16(13)19-17(23)7-10-21-8-5-14(6-9-21)20(2)12-18(24)25;/h3-4,11,14H,5-10,12H2,1-2H3,(H,19,23)(H,24,25);1H. The number of hydrogen-bond acceptors (Lipinski definition) is 6.